The highest BCUT2D eigenvalue weighted by molar-refractivity contribution is 5.85. The number of fused-ring (bicyclic) bond motifs is 1. The van der Waals surface area contributed by atoms with Gasteiger partial charge in [0.25, 0.3) is 0 Å². The lowest BCUT2D eigenvalue weighted by atomic mass is 10.1. The quantitative estimate of drug-likeness (QED) is 0.847. The number of ether oxygens (including phenoxy) is 1. The van der Waals surface area contributed by atoms with Crippen molar-refractivity contribution in [2.75, 3.05) is 19.8 Å². The molecule has 1 saturated heterocycles. The van der Waals surface area contributed by atoms with Crippen LogP contribution in [0.5, 0.6) is 0 Å². The van der Waals surface area contributed by atoms with Gasteiger partial charge < -0.3 is 14.6 Å². The van der Waals surface area contributed by atoms with Gasteiger partial charge in [-0.25, -0.2) is 0 Å². The molecule has 20 heavy (non-hydrogen) atoms. The summed E-state index contributed by atoms with van der Waals surface area (Å²) in [7, 11) is 2.16. The van der Waals surface area contributed by atoms with Crippen molar-refractivity contribution >= 4 is 10.9 Å². The lowest BCUT2D eigenvalue weighted by Crippen LogP contribution is -2.19. The molecular formula is C17H24N2O. The van der Waals surface area contributed by atoms with E-state index in [0.29, 0.717) is 0 Å². The number of aromatic nitrogens is 1. The maximum absolute atomic E-state index is 5.42. The Morgan fingerprint density at radius 2 is 2.20 bits per heavy atom. The summed E-state index contributed by atoms with van der Waals surface area (Å²) in [5, 5.41) is 4.97. The molecule has 1 fully saturated rings. The molecule has 3 nitrogen and oxygen atoms in total. The van der Waals surface area contributed by atoms with E-state index in [4.69, 9.17) is 4.74 Å². The first-order valence-electron chi connectivity index (χ1n) is 7.58. The molecule has 0 amide bonds. The predicted molar refractivity (Wildman–Crippen MR) is 82.9 cm³/mol. The first-order valence-corrected chi connectivity index (χ1v) is 7.58. The van der Waals surface area contributed by atoms with Crippen molar-refractivity contribution in [2.45, 2.75) is 26.3 Å². The van der Waals surface area contributed by atoms with E-state index in [-0.39, 0.29) is 0 Å². The monoisotopic (exact) mass is 272 g/mol. The molecule has 1 aromatic heterocycles. The summed E-state index contributed by atoms with van der Waals surface area (Å²) in [4.78, 5) is 0. The van der Waals surface area contributed by atoms with Crippen molar-refractivity contribution in [3.05, 3.63) is 35.5 Å². The van der Waals surface area contributed by atoms with E-state index in [9.17, 15) is 0 Å². The number of hydrogen-bond acceptors (Lipinski definition) is 2. The highest BCUT2D eigenvalue weighted by Crippen LogP contribution is 2.24. The fourth-order valence-corrected chi connectivity index (χ4v) is 3.21. The number of hydrogen-bond donors (Lipinski definition) is 1. The molecule has 1 aromatic carbocycles. The third-order valence-electron chi connectivity index (χ3n) is 4.55. The topological polar surface area (TPSA) is 26.2 Å². The van der Waals surface area contributed by atoms with Crippen molar-refractivity contribution in [3.63, 3.8) is 0 Å². The van der Waals surface area contributed by atoms with Crippen molar-refractivity contribution < 1.29 is 4.74 Å². The summed E-state index contributed by atoms with van der Waals surface area (Å²) in [6.07, 6.45) is 2.46. The maximum atomic E-state index is 5.42. The molecule has 0 bridgehead atoms. The molecule has 2 aromatic rings. The van der Waals surface area contributed by atoms with Crippen molar-refractivity contribution in [2.24, 2.45) is 13.0 Å². The molecule has 3 rings (SSSR count). The van der Waals surface area contributed by atoms with E-state index in [0.717, 1.165) is 32.2 Å². The van der Waals surface area contributed by atoms with Crippen LogP contribution in [0.3, 0.4) is 0 Å². The smallest absolute Gasteiger partial charge is 0.0495 e. The normalized spacial score (nSPS) is 19.0. The fraction of sp³-hybridized carbons (Fsp3) is 0.529. The predicted octanol–water partition coefficient (Wildman–Crippen LogP) is 3.00. The summed E-state index contributed by atoms with van der Waals surface area (Å²) < 4.78 is 7.73. The summed E-state index contributed by atoms with van der Waals surface area (Å²) >= 11 is 0. The average Bonchev–Trinajstić information content (AvgIpc) is 3.06. The number of para-hydroxylation sites is 1. The molecule has 1 aliphatic rings. The lowest BCUT2D eigenvalue weighted by Gasteiger charge is -2.10. The maximum Gasteiger partial charge on any atom is 0.0495 e. The Balaban J connectivity index is 1.62. The largest absolute Gasteiger partial charge is 0.381 e. The van der Waals surface area contributed by atoms with Gasteiger partial charge in [-0.05, 0) is 43.9 Å². The Bertz CT molecular complexity index is 543. The van der Waals surface area contributed by atoms with Gasteiger partial charge in [0.05, 0.1) is 0 Å². The molecule has 0 saturated carbocycles. The molecule has 3 heteroatoms. The second-order valence-electron chi connectivity index (χ2n) is 5.84. The van der Waals surface area contributed by atoms with Crippen LogP contribution in [-0.4, -0.2) is 24.3 Å². The Hall–Kier alpha value is -1.32. The summed E-state index contributed by atoms with van der Waals surface area (Å²) in [5.41, 5.74) is 4.12. The van der Waals surface area contributed by atoms with E-state index in [1.54, 1.807) is 0 Å². The van der Waals surface area contributed by atoms with Crippen molar-refractivity contribution in [1.82, 2.24) is 9.88 Å². The second-order valence-corrected chi connectivity index (χ2v) is 5.84. The van der Waals surface area contributed by atoms with E-state index in [1.807, 2.05) is 0 Å². The molecule has 0 aliphatic carbocycles. The van der Waals surface area contributed by atoms with Gasteiger partial charge in [-0.1, -0.05) is 18.2 Å². The minimum Gasteiger partial charge on any atom is -0.381 e. The average molecular weight is 272 g/mol. The molecule has 2 heterocycles. The minimum absolute atomic E-state index is 0.760. The molecule has 1 atom stereocenters. The summed E-state index contributed by atoms with van der Waals surface area (Å²) in [6, 6.07) is 8.64. The van der Waals surface area contributed by atoms with Gasteiger partial charge in [-0.2, -0.15) is 0 Å². The Kier molecular flexibility index (Phi) is 4.08. The molecule has 108 valence electrons. The standard InChI is InChI=1S/C17H24N2O/c1-13-15-5-3-4-6-16(15)19(2)17(13)11-18-9-7-14-8-10-20-12-14/h3-6,14,18H,7-12H2,1-2H3. The third kappa shape index (κ3) is 2.60. The number of rotatable bonds is 5. The number of nitrogens with one attached hydrogen (secondary N) is 1. The highest BCUT2D eigenvalue weighted by atomic mass is 16.5. The fourth-order valence-electron chi connectivity index (χ4n) is 3.21. The molecule has 1 aliphatic heterocycles. The van der Waals surface area contributed by atoms with Crippen LogP contribution in [-0.2, 0) is 18.3 Å². The van der Waals surface area contributed by atoms with Gasteiger partial charge in [0, 0.05) is 43.4 Å². The highest BCUT2D eigenvalue weighted by Gasteiger charge is 2.15. The van der Waals surface area contributed by atoms with E-state index in [1.165, 1.54) is 35.0 Å². The van der Waals surface area contributed by atoms with Gasteiger partial charge >= 0.3 is 0 Å². The lowest BCUT2D eigenvalue weighted by molar-refractivity contribution is 0.184. The molecule has 1 N–H and O–H groups in total. The van der Waals surface area contributed by atoms with Crippen molar-refractivity contribution in [3.8, 4) is 0 Å². The van der Waals surface area contributed by atoms with Crippen LogP contribution in [0.25, 0.3) is 10.9 Å². The summed E-state index contributed by atoms with van der Waals surface area (Å²) in [5.74, 6) is 0.760. The molecule has 0 spiro atoms. The number of benzene rings is 1. The second kappa shape index (κ2) is 5.98. The van der Waals surface area contributed by atoms with E-state index in [2.05, 4.69) is 48.1 Å². The Morgan fingerprint density at radius 3 is 2.95 bits per heavy atom. The zero-order valence-electron chi connectivity index (χ0n) is 12.5. The Labute approximate surface area is 120 Å². The molecule has 0 radical (unpaired) electrons. The van der Waals surface area contributed by atoms with Crippen LogP contribution in [0.15, 0.2) is 24.3 Å². The first-order chi connectivity index (χ1) is 9.77. The Morgan fingerprint density at radius 1 is 1.35 bits per heavy atom. The number of nitrogens with zero attached hydrogens (tertiary/aromatic N) is 1. The van der Waals surface area contributed by atoms with Gasteiger partial charge in [0.2, 0.25) is 0 Å². The third-order valence-corrected chi connectivity index (χ3v) is 4.55. The van der Waals surface area contributed by atoms with Crippen molar-refractivity contribution in [1.29, 1.82) is 0 Å². The van der Waals surface area contributed by atoms with Crippen LogP contribution < -0.4 is 5.32 Å². The molecule has 1 unspecified atom stereocenters. The first kappa shape index (κ1) is 13.7. The van der Waals surface area contributed by atoms with E-state index >= 15 is 0 Å². The van der Waals surface area contributed by atoms with Gasteiger partial charge in [0.15, 0.2) is 0 Å². The number of aryl methyl sites for hydroxylation is 2. The van der Waals surface area contributed by atoms with E-state index < -0.39 is 0 Å². The SMILES string of the molecule is Cc1c(CNCCC2CCOC2)n(C)c2ccccc12. The van der Waals surface area contributed by atoms with Gasteiger partial charge in [-0.3, -0.25) is 0 Å². The van der Waals surface area contributed by atoms with Crippen LogP contribution in [0.2, 0.25) is 0 Å². The zero-order valence-corrected chi connectivity index (χ0v) is 12.5. The minimum atomic E-state index is 0.760. The van der Waals surface area contributed by atoms with Gasteiger partial charge in [0.1, 0.15) is 0 Å². The van der Waals surface area contributed by atoms with Gasteiger partial charge in [-0.15, -0.1) is 0 Å². The van der Waals surface area contributed by atoms with Crippen LogP contribution in [0.4, 0.5) is 0 Å². The van der Waals surface area contributed by atoms with Crippen LogP contribution in [0.1, 0.15) is 24.1 Å². The van der Waals surface area contributed by atoms with Crippen LogP contribution in [0, 0.1) is 12.8 Å². The molecular weight excluding hydrogens is 248 g/mol. The summed E-state index contributed by atoms with van der Waals surface area (Å²) in [6.45, 7) is 6.16. The zero-order chi connectivity index (χ0) is 13.9. The van der Waals surface area contributed by atoms with Crippen LogP contribution >= 0.6 is 0 Å².